The first-order valence-corrected chi connectivity index (χ1v) is 8.18. The van der Waals surface area contributed by atoms with E-state index < -0.39 is 11.5 Å². The standard InChI is InChI=1S/C20H19N3O3/c1-13(14-8-10-16(26-2)11-9-14)22-19(24)17-12-21-18(23-20(17)25)15-6-4-3-5-7-15/h3-13H,1-2H3,(H,22,24)(H,21,23,25)/t13-/m0/s1. The molecule has 0 aliphatic rings. The van der Waals surface area contributed by atoms with Gasteiger partial charge in [-0.25, -0.2) is 4.98 Å². The van der Waals surface area contributed by atoms with Gasteiger partial charge in [0, 0.05) is 11.8 Å². The summed E-state index contributed by atoms with van der Waals surface area (Å²) in [6.07, 6.45) is 1.30. The van der Waals surface area contributed by atoms with Gasteiger partial charge in [0.25, 0.3) is 11.5 Å². The minimum atomic E-state index is -0.474. The van der Waals surface area contributed by atoms with Crippen molar-refractivity contribution in [3.8, 4) is 17.1 Å². The lowest BCUT2D eigenvalue weighted by Crippen LogP contribution is -2.32. The van der Waals surface area contributed by atoms with Crippen LogP contribution in [0.25, 0.3) is 11.4 Å². The first-order chi connectivity index (χ1) is 12.6. The molecule has 2 aromatic carbocycles. The third kappa shape index (κ3) is 3.80. The molecule has 0 unspecified atom stereocenters. The van der Waals surface area contributed by atoms with E-state index in [9.17, 15) is 9.59 Å². The number of carbonyl (C=O) groups excluding carboxylic acids is 1. The number of rotatable bonds is 5. The fraction of sp³-hybridized carbons (Fsp3) is 0.150. The minimum Gasteiger partial charge on any atom is -0.497 e. The lowest BCUT2D eigenvalue weighted by Gasteiger charge is -2.14. The van der Waals surface area contributed by atoms with Crippen molar-refractivity contribution in [2.45, 2.75) is 13.0 Å². The van der Waals surface area contributed by atoms with E-state index in [2.05, 4.69) is 15.3 Å². The molecule has 0 bridgehead atoms. The summed E-state index contributed by atoms with van der Waals surface area (Å²) < 4.78 is 5.12. The van der Waals surface area contributed by atoms with E-state index in [1.54, 1.807) is 7.11 Å². The Morgan fingerprint density at radius 2 is 1.81 bits per heavy atom. The Balaban J connectivity index is 1.76. The maximum atomic E-state index is 12.4. The van der Waals surface area contributed by atoms with Crippen molar-refractivity contribution in [1.29, 1.82) is 0 Å². The quantitative estimate of drug-likeness (QED) is 0.742. The smallest absolute Gasteiger partial charge is 0.264 e. The number of H-pyrrole nitrogens is 1. The number of benzene rings is 2. The van der Waals surface area contributed by atoms with Gasteiger partial charge in [0.05, 0.1) is 13.2 Å². The average molecular weight is 349 g/mol. The fourth-order valence-corrected chi connectivity index (χ4v) is 2.55. The summed E-state index contributed by atoms with van der Waals surface area (Å²) in [5.74, 6) is 0.696. The van der Waals surface area contributed by atoms with Gasteiger partial charge in [-0.15, -0.1) is 0 Å². The molecular weight excluding hydrogens is 330 g/mol. The summed E-state index contributed by atoms with van der Waals surface area (Å²) in [6, 6.07) is 16.4. The monoisotopic (exact) mass is 349 g/mol. The van der Waals surface area contributed by atoms with Crippen LogP contribution in [0.15, 0.2) is 65.6 Å². The topological polar surface area (TPSA) is 84.1 Å². The van der Waals surface area contributed by atoms with Crippen LogP contribution in [-0.2, 0) is 0 Å². The number of hydrogen-bond acceptors (Lipinski definition) is 4. The van der Waals surface area contributed by atoms with Crippen LogP contribution >= 0.6 is 0 Å². The molecule has 6 nitrogen and oxygen atoms in total. The second-order valence-corrected chi connectivity index (χ2v) is 5.81. The number of nitrogens with zero attached hydrogens (tertiary/aromatic N) is 1. The van der Waals surface area contributed by atoms with Crippen LogP contribution in [0.4, 0.5) is 0 Å². The second-order valence-electron chi connectivity index (χ2n) is 5.81. The number of aromatic amines is 1. The van der Waals surface area contributed by atoms with Crippen LogP contribution in [0.3, 0.4) is 0 Å². The van der Waals surface area contributed by atoms with E-state index in [1.807, 2.05) is 61.5 Å². The zero-order valence-corrected chi connectivity index (χ0v) is 14.5. The summed E-state index contributed by atoms with van der Waals surface area (Å²) in [5.41, 5.74) is 1.19. The van der Waals surface area contributed by atoms with Gasteiger partial charge in [-0.2, -0.15) is 0 Å². The highest BCUT2D eigenvalue weighted by Crippen LogP contribution is 2.17. The van der Waals surface area contributed by atoms with Gasteiger partial charge in [0.1, 0.15) is 17.1 Å². The zero-order chi connectivity index (χ0) is 18.5. The van der Waals surface area contributed by atoms with Crippen LogP contribution < -0.4 is 15.6 Å². The van der Waals surface area contributed by atoms with Crippen LogP contribution in [0, 0.1) is 0 Å². The highest BCUT2D eigenvalue weighted by molar-refractivity contribution is 5.93. The summed E-state index contributed by atoms with van der Waals surface area (Å²) in [4.78, 5) is 31.6. The summed E-state index contributed by atoms with van der Waals surface area (Å²) in [6.45, 7) is 1.85. The Kier molecular flexibility index (Phi) is 5.12. The number of aromatic nitrogens is 2. The maximum Gasteiger partial charge on any atom is 0.264 e. The highest BCUT2D eigenvalue weighted by Gasteiger charge is 2.16. The van der Waals surface area contributed by atoms with Crippen LogP contribution in [0.1, 0.15) is 28.9 Å². The molecule has 3 rings (SSSR count). The molecule has 3 aromatic rings. The molecule has 1 heterocycles. The van der Waals surface area contributed by atoms with Crippen molar-refractivity contribution in [1.82, 2.24) is 15.3 Å². The van der Waals surface area contributed by atoms with Gasteiger partial charge in [-0.1, -0.05) is 42.5 Å². The van der Waals surface area contributed by atoms with Gasteiger partial charge < -0.3 is 15.0 Å². The van der Waals surface area contributed by atoms with Gasteiger partial charge in [0.15, 0.2) is 0 Å². The maximum absolute atomic E-state index is 12.4. The molecular formula is C20H19N3O3. The Hall–Kier alpha value is -3.41. The van der Waals surface area contributed by atoms with Crippen molar-refractivity contribution < 1.29 is 9.53 Å². The molecule has 1 aromatic heterocycles. The van der Waals surface area contributed by atoms with E-state index in [0.29, 0.717) is 5.82 Å². The number of methoxy groups -OCH3 is 1. The number of carbonyl (C=O) groups is 1. The molecule has 2 N–H and O–H groups in total. The Morgan fingerprint density at radius 1 is 1.12 bits per heavy atom. The molecule has 6 heteroatoms. The predicted octanol–water partition coefficient (Wildman–Crippen LogP) is 2.94. The Morgan fingerprint density at radius 3 is 2.42 bits per heavy atom. The van der Waals surface area contributed by atoms with E-state index in [-0.39, 0.29) is 11.6 Å². The Bertz CT molecular complexity index is 950. The molecule has 0 aliphatic carbocycles. The van der Waals surface area contributed by atoms with Crippen molar-refractivity contribution in [3.05, 3.63) is 82.3 Å². The highest BCUT2D eigenvalue weighted by atomic mass is 16.5. The number of hydrogen-bond donors (Lipinski definition) is 2. The van der Waals surface area contributed by atoms with Crippen molar-refractivity contribution >= 4 is 5.91 Å². The molecule has 0 saturated heterocycles. The Labute approximate surface area is 150 Å². The minimum absolute atomic E-state index is 0.0231. The zero-order valence-electron chi connectivity index (χ0n) is 14.5. The third-order valence-corrected chi connectivity index (χ3v) is 4.05. The molecule has 0 aliphatic heterocycles. The van der Waals surface area contributed by atoms with Gasteiger partial charge in [0.2, 0.25) is 0 Å². The van der Waals surface area contributed by atoms with E-state index >= 15 is 0 Å². The second kappa shape index (κ2) is 7.65. The van der Waals surface area contributed by atoms with E-state index in [4.69, 9.17) is 4.74 Å². The molecule has 0 spiro atoms. The molecule has 26 heavy (non-hydrogen) atoms. The van der Waals surface area contributed by atoms with E-state index in [0.717, 1.165) is 16.9 Å². The third-order valence-electron chi connectivity index (χ3n) is 4.05. The molecule has 1 atom stereocenters. The largest absolute Gasteiger partial charge is 0.497 e. The normalized spacial score (nSPS) is 11.6. The predicted molar refractivity (Wildman–Crippen MR) is 99.2 cm³/mol. The van der Waals surface area contributed by atoms with Crippen LogP contribution in [-0.4, -0.2) is 23.0 Å². The molecule has 0 radical (unpaired) electrons. The van der Waals surface area contributed by atoms with E-state index in [1.165, 1.54) is 6.20 Å². The number of nitrogens with one attached hydrogen (secondary N) is 2. The van der Waals surface area contributed by atoms with Crippen LogP contribution in [0.5, 0.6) is 5.75 Å². The fourth-order valence-electron chi connectivity index (χ4n) is 2.55. The lowest BCUT2D eigenvalue weighted by molar-refractivity contribution is 0.0938. The van der Waals surface area contributed by atoms with Crippen LogP contribution in [0.2, 0.25) is 0 Å². The molecule has 1 amide bonds. The van der Waals surface area contributed by atoms with Gasteiger partial charge in [-0.05, 0) is 24.6 Å². The SMILES string of the molecule is COc1ccc([C@H](C)NC(=O)c2cnc(-c3ccccc3)[nH]c2=O)cc1. The van der Waals surface area contributed by atoms with Gasteiger partial charge >= 0.3 is 0 Å². The summed E-state index contributed by atoms with van der Waals surface area (Å²) >= 11 is 0. The summed E-state index contributed by atoms with van der Waals surface area (Å²) in [7, 11) is 1.60. The first kappa shape index (κ1) is 17.4. The number of ether oxygens (including phenoxy) is 1. The molecule has 0 fully saturated rings. The van der Waals surface area contributed by atoms with Crippen molar-refractivity contribution in [2.24, 2.45) is 0 Å². The molecule has 0 saturated carbocycles. The van der Waals surface area contributed by atoms with Crippen molar-refractivity contribution in [3.63, 3.8) is 0 Å². The molecule has 132 valence electrons. The average Bonchev–Trinajstić information content (AvgIpc) is 2.68. The van der Waals surface area contributed by atoms with Gasteiger partial charge in [-0.3, -0.25) is 9.59 Å². The lowest BCUT2D eigenvalue weighted by atomic mass is 10.1. The first-order valence-electron chi connectivity index (χ1n) is 8.18. The summed E-state index contributed by atoms with van der Waals surface area (Å²) in [5, 5.41) is 2.81. The number of amides is 1. The van der Waals surface area contributed by atoms with Crippen molar-refractivity contribution in [2.75, 3.05) is 7.11 Å².